The molecule has 0 amide bonds. The summed E-state index contributed by atoms with van der Waals surface area (Å²) in [6.45, 7) is 6.41. The van der Waals surface area contributed by atoms with E-state index in [1.54, 1.807) is 17.5 Å². The molecule has 1 aliphatic heterocycles. The molecule has 6 heteroatoms. The monoisotopic (exact) mass is 267 g/mol. The van der Waals surface area contributed by atoms with E-state index in [1.807, 2.05) is 0 Å². The highest BCUT2D eigenvalue weighted by Gasteiger charge is 2.16. The Kier molecular flexibility index (Phi) is 5.29. The number of nitrogens with one attached hydrogen (secondary N) is 1. The van der Waals surface area contributed by atoms with Gasteiger partial charge in [0, 0.05) is 25.7 Å². The van der Waals surface area contributed by atoms with E-state index in [0.29, 0.717) is 6.04 Å². The van der Waals surface area contributed by atoms with Gasteiger partial charge in [0.2, 0.25) is 0 Å². The number of rotatable bonds is 2. The maximum absolute atomic E-state index is 5.83. The van der Waals surface area contributed by atoms with Crippen LogP contribution in [-0.2, 0) is 6.54 Å². The topological polar surface area (TPSA) is 28.2 Å². The van der Waals surface area contributed by atoms with Gasteiger partial charge >= 0.3 is 0 Å². The van der Waals surface area contributed by atoms with Crippen LogP contribution in [0.15, 0.2) is 6.20 Å². The third kappa shape index (κ3) is 3.89. The highest BCUT2D eigenvalue weighted by molar-refractivity contribution is 7.15. The van der Waals surface area contributed by atoms with Crippen LogP contribution in [0, 0.1) is 0 Å². The van der Waals surface area contributed by atoms with Crippen LogP contribution >= 0.6 is 35.3 Å². The molecule has 1 fully saturated rings. The van der Waals surface area contributed by atoms with Crippen LogP contribution < -0.4 is 5.32 Å². The zero-order valence-corrected chi connectivity index (χ0v) is 11.0. The third-order valence-corrected chi connectivity index (χ3v) is 3.44. The molecule has 1 N–H and O–H groups in total. The van der Waals surface area contributed by atoms with Crippen LogP contribution in [0.2, 0.25) is 4.34 Å². The molecule has 1 atom stereocenters. The van der Waals surface area contributed by atoms with Crippen LogP contribution in [-0.4, -0.2) is 35.6 Å². The van der Waals surface area contributed by atoms with Gasteiger partial charge in [-0.15, -0.1) is 23.7 Å². The van der Waals surface area contributed by atoms with Gasteiger partial charge in [-0.05, 0) is 6.92 Å². The molecular weight excluding hydrogens is 253 g/mol. The molecule has 1 aliphatic rings. The molecule has 1 unspecified atom stereocenters. The van der Waals surface area contributed by atoms with E-state index >= 15 is 0 Å². The molecule has 0 saturated carbocycles. The lowest BCUT2D eigenvalue weighted by molar-refractivity contribution is 0.199. The van der Waals surface area contributed by atoms with Gasteiger partial charge in [0.15, 0.2) is 0 Å². The van der Waals surface area contributed by atoms with Gasteiger partial charge < -0.3 is 5.32 Å². The van der Waals surface area contributed by atoms with Gasteiger partial charge in [0.1, 0.15) is 9.34 Å². The van der Waals surface area contributed by atoms with E-state index in [4.69, 9.17) is 11.6 Å². The van der Waals surface area contributed by atoms with Crippen molar-refractivity contribution in [3.63, 3.8) is 0 Å². The zero-order valence-electron chi connectivity index (χ0n) is 8.57. The summed E-state index contributed by atoms with van der Waals surface area (Å²) in [5.41, 5.74) is 0. The Morgan fingerprint density at radius 2 is 2.53 bits per heavy atom. The largest absolute Gasteiger partial charge is 0.312 e. The molecule has 0 spiro atoms. The van der Waals surface area contributed by atoms with Gasteiger partial charge in [0.25, 0.3) is 0 Å². The van der Waals surface area contributed by atoms with Crippen molar-refractivity contribution >= 4 is 35.3 Å². The van der Waals surface area contributed by atoms with Crippen molar-refractivity contribution in [2.45, 2.75) is 19.5 Å². The molecule has 2 heterocycles. The van der Waals surface area contributed by atoms with Gasteiger partial charge in [-0.1, -0.05) is 11.6 Å². The van der Waals surface area contributed by atoms with E-state index in [2.05, 4.69) is 22.1 Å². The first-order valence-corrected chi connectivity index (χ1v) is 5.99. The lowest BCUT2D eigenvalue weighted by Crippen LogP contribution is -2.48. The minimum Gasteiger partial charge on any atom is -0.312 e. The number of hydrogen-bond acceptors (Lipinski definition) is 4. The smallest absolute Gasteiger partial charge is 0.113 e. The van der Waals surface area contributed by atoms with Crippen LogP contribution in [0.4, 0.5) is 0 Å². The van der Waals surface area contributed by atoms with Crippen molar-refractivity contribution in [3.05, 3.63) is 15.5 Å². The average Bonchev–Trinajstić information content (AvgIpc) is 2.51. The quantitative estimate of drug-likeness (QED) is 0.889. The predicted octanol–water partition coefficient (Wildman–Crippen LogP) is 2.01. The fourth-order valence-electron chi connectivity index (χ4n) is 1.71. The molecule has 2 rings (SSSR count). The first-order valence-electron chi connectivity index (χ1n) is 4.80. The second kappa shape index (κ2) is 6.01. The normalized spacial score (nSPS) is 22.4. The number of hydrogen-bond donors (Lipinski definition) is 1. The number of piperazine rings is 1. The van der Waals surface area contributed by atoms with Crippen LogP contribution in [0.1, 0.15) is 11.9 Å². The summed E-state index contributed by atoms with van der Waals surface area (Å²) < 4.78 is 0.781. The Morgan fingerprint density at radius 3 is 3.13 bits per heavy atom. The molecule has 1 aromatic rings. The lowest BCUT2D eigenvalue weighted by atomic mass is 10.2. The summed E-state index contributed by atoms with van der Waals surface area (Å²) in [6.07, 6.45) is 1.73. The van der Waals surface area contributed by atoms with Crippen molar-refractivity contribution in [1.29, 1.82) is 0 Å². The predicted molar refractivity (Wildman–Crippen MR) is 67.1 cm³/mol. The summed E-state index contributed by atoms with van der Waals surface area (Å²) in [6, 6.07) is 0.583. The number of thiazole rings is 1. The van der Waals surface area contributed by atoms with E-state index in [0.717, 1.165) is 35.5 Å². The van der Waals surface area contributed by atoms with Gasteiger partial charge in [-0.3, -0.25) is 4.90 Å². The summed E-state index contributed by atoms with van der Waals surface area (Å²) in [4.78, 5) is 6.67. The Labute approximate surface area is 105 Å². The molecule has 3 nitrogen and oxygen atoms in total. The minimum atomic E-state index is 0. The summed E-state index contributed by atoms with van der Waals surface area (Å²) in [5, 5.41) is 4.53. The van der Waals surface area contributed by atoms with Crippen molar-refractivity contribution < 1.29 is 0 Å². The molecule has 1 aromatic heterocycles. The standard InChI is InChI=1S/C9H14ClN3S.ClH/c1-7-5-13(3-2-11-7)6-9-12-4-8(10)14-9;/h4,7,11H,2-3,5-6H2,1H3;1H. The van der Waals surface area contributed by atoms with Crippen molar-refractivity contribution in [2.24, 2.45) is 0 Å². The molecule has 1 saturated heterocycles. The van der Waals surface area contributed by atoms with Crippen LogP contribution in [0.25, 0.3) is 0 Å². The van der Waals surface area contributed by atoms with E-state index in [1.165, 1.54) is 0 Å². The Balaban J connectivity index is 0.00000112. The van der Waals surface area contributed by atoms with Gasteiger partial charge in [0.05, 0.1) is 12.7 Å². The van der Waals surface area contributed by atoms with Crippen LogP contribution in [0.5, 0.6) is 0 Å². The molecule has 86 valence electrons. The number of nitrogens with zero attached hydrogens (tertiary/aromatic N) is 2. The summed E-state index contributed by atoms with van der Waals surface area (Å²) in [7, 11) is 0. The Hall–Kier alpha value is 0.130. The molecule has 0 aliphatic carbocycles. The number of aromatic nitrogens is 1. The van der Waals surface area contributed by atoms with E-state index in [9.17, 15) is 0 Å². The van der Waals surface area contributed by atoms with E-state index < -0.39 is 0 Å². The Morgan fingerprint density at radius 1 is 1.73 bits per heavy atom. The fourth-order valence-corrected chi connectivity index (χ4v) is 2.71. The summed E-state index contributed by atoms with van der Waals surface area (Å²) >= 11 is 7.41. The van der Waals surface area contributed by atoms with Gasteiger partial charge in [-0.2, -0.15) is 0 Å². The summed E-state index contributed by atoms with van der Waals surface area (Å²) in [5.74, 6) is 0. The maximum atomic E-state index is 5.83. The molecule has 0 radical (unpaired) electrons. The molecule has 15 heavy (non-hydrogen) atoms. The highest BCUT2D eigenvalue weighted by Crippen LogP contribution is 2.19. The first-order chi connectivity index (χ1) is 6.74. The van der Waals surface area contributed by atoms with Gasteiger partial charge in [-0.25, -0.2) is 4.98 Å². The highest BCUT2D eigenvalue weighted by atomic mass is 35.5. The van der Waals surface area contributed by atoms with Crippen molar-refractivity contribution in [2.75, 3.05) is 19.6 Å². The van der Waals surface area contributed by atoms with Crippen LogP contribution in [0.3, 0.4) is 0 Å². The van der Waals surface area contributed by atoms with Crippen molar-refractivity contribution in [3.8, 4) is 0 Å². The SMILES string of the molecule is CC1CN(Cc2ncc(Cl)s2)CCN1.Cl. The Bertz CT molecular complexity index is 305. The molecule has 0 aromatic carbocycles. The second-order valence-corrected chi connectivity index (χ2v) is 5.39. The first kappa shape index (κ1) is 13.2. The zero-order chi connectivity index (χ0) is 9.97. The second-order valence-electron chi connectivity index (χ2n) is 3.65. The third-order valence-electron chi connectivity index (χ3n) is 2.34. The lowest BCUT2D eigenvalue weighted by Gasteiger charge is -2.30. The average molecular weight is 268 g/mol. The van der Waals surface area contributed by atoms with Crippen molar-refractivity contribution in [1.82, 2.24) is 15.2 Å². The minimum absolute atomic E-state index is 0. The fraction of sp³-hybridized carbons (Fsp3) is 0.667. The molecule has 0 bridgehead atoms. The maximum Gasteiger partial charge on any atom is 0.113 e. The van der Waals surface area contributed by atoms with E-state index in [-0.39, 0.29) is 12.4 Å². The number of halogens is 2. The molecular formula is C9H15Cl2N3S.